The molecule has 0 unspecified atom stereocenters. The quantitative estimate of drug-likeness (QED) is 0.307. The Morgan fingerprint density at radius 3 is 2.71 bits per heavy atom. The van der Waals surface area contributed by atoms with Gasteiger partial charge in [-0.25, -0.2) is 18.7 Å². The van der Waals surface area contributed by atoms with Gasteiger partial charge in [-0.1, -0.05) is 12.0 Å². The van der Waals surface area contributed by atoms with E-state index in [0.29, 0.717) is 53.3 Å². The lowest BCUT2D eigenvalue weighted by Gasteiger charge is -2.43. The highest BCUT2D eigenvalue weighted by Crippen LogP contribution is 2.54. The summed E-state index contributed by atoms with van der Waals surface area (Å²) < 4.78 is 38.6. The van der Waals surface area contributed by atoms with Crippen LogP contribution in [0.1, 0.15) is 49.4 Å². The van der Waals surface area contributed by atoms with E-state index in [-0.39, 0.29) is 57.4 Å². The first-order valence-electron chi connectivity index (χ1n) is 14.1. The highest BCUT2D eigenvalue weighted by molar-refractivity contribution is 6.06. The number of ether oxygens (including phenoxy) is 1. The molecule has 1 aliphatic carbocycles. The molecule has 3 N–H and O–H groups in total. The number of fused-ring (bicyclic) bond motifs is 6. The molecule has 0 amide bonds. The number of terminal acetylenes is 1. The molecule has 2 saturated heterocycles. The Labute approximate surface area is 235 Å². The first-order valence-corrected chi connectivity index (χ1v) is 14.1. The number of nitrogens with zero attached hydrogens (tertiary/aromatic N) is 3. The molecular weight excluding hydrogens is 526 g/mol. The first kappa shape index (κ1) is 24.8. The standard InChI is InChI=1S/C32H28F2N4O3/c1-4-19-21(33)7-5-16-11-18(39)12-20(23(16)19)28-27(34)24-25-30(35-14(2)26(24)32(40)9-10-32)38-13-17-6-8-22(36-17)29(38)15(3)41-31(25)37-28/h1,5,7,11-12,15,17,22,29,36,39-40H,6,8-10,13H2,2-3H3/t15-,17+,22-,29+/m0/s1. The molecule has 2 aromatic carbocycles. The molecule has 1 saturated carbocycles. The third-order valence-corrected chi connectivity index (χ3v) is 9.37. The summed E-state index contributed by atoms with van der Waals surface area (Å²) in [4.78, 5) is 12.0. The number of anilines is 1. The lowest BCUT2D eigenvalue weighted by molar-refractivity contribution is 0.151. The van der Waals surface area contributed by atoms with Crippen LogP contribution in [0.5, 0.6) is 11.6 Å². The third-order valence-electron chi connectivity index (χ3n) is 9.37. The lowest BCUT2D eigenvalue weighted by atomic mass is 9.92. The molecule has 3 fully saturated rings. The Morgan fingerprint density at radius 1 is 1.15 bits per heavy atom. The zero-order valence-electron chi connectivity index (χ0n) is 22.6. The smallest absolute Gasteiger partial charge is 0.226 e. The van der Waals surface area contributed by atoms with Gasteiger partial charge < -0.3 is 25.2 Å². The molecule has 0 radical (unpaired) electrons. The van der Waals surface area contributed by atoms with E-state index in [9.17, 15) is 14.6 Å². The fourth-order valence-electron chi connectivity index (χ4n) is 7.49. The maximum Gasteiger partial charge on any atom is 0.226 e. The van der Waals surface area contributed by atoms with E-state index in [2.05, 4.69) is 16.1 Å². The minimum atomic E-state index is -1.22. The largest absolute Gasteiger partial charge is 0.508 e. The Morgan fingerprint density at radius 2 is 1.95 bits per heavy atom. The van der Waals surface area contributed by atoms with E-state index in [1.165, 1.54) is 24.3 Å². The Hall–Kier alpha value is -4.00. The summed E-state index contributed by atoms with van der Waals surface area (Å²) in [5, 5.41) is 27.1. The molecule has 9 heteroatoms. The number of aromatic hydroxyl groups is 1. The van der Waals surface area contributed by atoms with Gasteiger partial charge in [0.2, 0.25) is 5.88 Å². The van der Waals surface area contributed by atoms with Gasteiger partial charge in [0.05, 0.1) is 22.6 Å². The summed E-state index contributed by atoms with van der Waals surface area (Å²) in [6, 6.07) is 5.94. The number of phenolic OH excluding ortho intramolecular Hbond substituents is 1. The van der Waals surface area contributed by atoms with E-state index >= 15 is 4.39 Å². The fourth-order valence-corrected chi connectivity index (χ4v) is 7.49. The van der Waals surface area contributed by atoms with Gasteiger partial charge in [0, 0.05) is 46.2 Å². The second kappa shape index (κ2) is 8.28. The SMILES string of the molecule is C#Cc1c(F)ccc2cc(O)cc(-c3nc4c5c(nc(C)c(C6(O)CC6)c5c3F)N3C[C@H]5CC[C@H](N5)[C@H]3[C@H](C)O4)c12. The van der Waals surface area contributed by atoms with Gasteiger partial charge in [-0.05, 0) is 63.1 Å². The maximum absolute atomic E-state index is 17.2. The van der Waals surface area contributed by atoms with E-state index in [1.807, 2.05) is 6.92 Å². The molecule has 0 spiro atoms. The highest BCUT2D eigenvalue weighted by Gasteiger charge is 2.50. The number of aromatic nitrogens is 2. The van der Waals surface area contributed by atoms with Crippen LogP contribution < -0.4 is 15.0 Å². The molecule has 4 atom stereocenters. The van der Waals surface area contributed by atoms with Crippen molar-refractivity contribution in [3.05, 3.63) is 52.7 Å². The average Bonchev–Trinajstić information content (AvgIpc) is 3.60. The second-order valence-electron chi connectivity index (χ2n) is 11.9. The number of rotatable bonds is 2. The van der Waals surface area contributed by atoms with Crippen molar-refractivity contribution < 1.29 is 23.7 Å². The number of nitrogens with one attached hydrogen (secondary N) is 1. The zero-order chi connectivity index (χ0) is 28.4. The summed E-state index contributed by atoms with van der Waals surface area (Å²) in [6.45, 7) is 4.49. The van der Waals surface area contributed by atoms with Crippen LogP contribution in [0.25, 0.3) is 32.8 Å². The van der Waals surface area contributed by atoms with Gasteiger partial charge in [-0.15, -0.1) is 6.42 Å². The minimum absolute atomic E-state index is 0.0502. The summed E-state index contributed by atoms with van der Waals surface area (Å²) in [7, 11) is 0. The fraction of sp³-hybridized carbons (Fsp3) is 0.375. The van der Waals surface area contributed by atoms with Gasteiger partial charge in [0.1, 0.15) is 29.2 Å². The van der Waals surface area contributed by atoms with Crippen LogP contribution >= 0.6 is 0 Å². The number of piperazine rings is 1. The van der Waals surface area contributed by atoms with Crippen molar-refractivity contribution >= 4 is 27.4 Å². The molecule has 7 nitrogen and oxygen atoms in total. The minimum Gasteiger partial charge on any atom is -0.508 e. The molecule has 8 rings (SSSR count). The molecular formula is C32H28F2N4O3. The van der Waals surface area contributed by atoms with Gasteiger partial charge in [0.25, 0.3) is 0 Å². The highest BCUT2D eigenvalue weighted by atomic mass is 19.1. The predicted octanol–water partition coefficient (Wildman–Crippen LogP) is 4.80. The summed E-state index contributed by atoms with van der Waals surface area (Å²) in [6.07, 6.45) is 8.40. The van der Waals surface area contributed by atoms with Crippen molar-refractivity contribution in [2.45, 2.75) is 69.4 Å². The van der Waals surface area contributed by atoms with Crippen molar-refractivity contribution in [3.8, 4) is 35.2 Å². The normalized spacial score (nSPS) is 25.5. The van der Waals surface area contributed by atoms with Gasteiger partial charge >= 0.3 is 0 Å². The number of hydrogen-bond acceptors (Lipinski definition) is 7. The lowest BCUT2D eigenvalue weighted by Crippen LogP contribution is -2.62. The molecule has 5 heterocycles. The van der Waals surface area contributed by atoms with Crippen molar-refractivity contribution in [3.63, 3.8) is 0 Å². The number of halogens is 2. The topological polar surface area (TPSA) is 90.7 Å². The maximum atomic E-state index is 17.2. The summed E-state index contributed by atoms with van der Waals surface area (Å²) in [5.74, 6) is 1.71. The van der Waals surface area contributed by atoms with E-state index < -0.39 is 17.2 Å². The Kier molecular flexibility index (Phi) is 5.00. The van der Waals surface area contributed by atoms with E-state index in [4.69, 9.17) is 21.1 Å². The molecule has 41 heavy (non-hydrogen) atoms. The number of aryl methyl sites for hydroxylation is 1. The number of pyridine rings is 2. The van der Waals surface area contributed by atoms with Crippen LogP contribution in [-0.4, -0.2) is 51.0 Å². The van der Waals surface area contributed by atoms with Crippen molar-refractivity contribution in [2.75, 3.05) is 11.4 Å². The third kappa shape index (κ3) is 3.38. The van der Waals surface area contributed by atoms with Gasteiger partial charge in [-0.3, -0.25) is 0 Å². The first-order chi connectivity index (χ1) is 19.7. The molecule has 4 aliphatic rings. The van der Waals surface area contributed by atoms with Crippen molar-refractivity contribution in [2.24, 2.45) is 0 Å². The van der Waals surface area contributed by atoms with Crippen molar-refractivity contribution in [1.82, 2.24) is 15.3 Å². The molecule has 4 aromatic rings. The van der Waals surface area contributed by atoms with Crippen LogP contribution in [0.4, 0.5) is 14.6 Å². The Bertz CT molecular complexity index is 1860. The number of phenols is 1. The number of hydrogen-bond donors (Lipinski definition) is 3. The van der Waals surface area contributed by atoms with Gasteiger partial charge in [0.15, 0.2) is 5.82 Å². The van der Waals surface area contributed by atoms with Crippen LogP contribution in [0, 0.1) is 30.9 Å². The number of benzene rings is 2. The van der Waals surface area contributed by atoms with Gasteiger partial charge in [-0.2, -0.15) is 0 Å². The molecule has 2 aromatic heterocycles. The monoisotopic (exact) mass is 554 g/mol. The average molecular weight is 555 g/mol. The van der Waals surface area contributed by atoms with E-state index in [1.54, 1.807) is 6.92 Å². The van der Waals surface area contributed by atoms with E-state index in [0.717, 1.165) is 12.8 Å². The van der Waals surface area contributed by atoms with Crippen LogP contribution in [0.15, 0.2) is 24.3 Å². The predicted molar refractivity (Wildman–Crippen MR) is 151 cm³/mol. The van der Waals surface area contributed by atoms with Crippen molar-refractivity contribution in [1.29, 1.82) is 0 Å². The summed E-state index contributed by atoms with van der Waals surface area (Å²) in [5.41, 5.74) is -0.297. The Balaban J connectivity index is 1.50. The molecule has 208 valence electrons. The van der Waals surface area contributed by atoms with Crippen LogP contribution in [0.2, 0.25) is 0 Å². The molecule has 3 aliphatic heterocycles. The zero-order valence-corrected chi connectivity index (χ0v) is 22.6. The van der Waals surface area contributed by atoms with Crippen LogP contribution in [0.3, 0.4) is 0 Å². The summed E-state index contributed by atoms with van der Waals surface area (Å²) >= 11 is 0. The number of aliphatic hydroxyl groups is 1. The molecule has 2 bridgehead atoms. The second-order valence-corrected chi connectivity index (χ2v) is 11.9. The van der Waals surface area contributed by atoms with Crippen LogP contribution in [-0.2, 0) is 5.60 Å².